The predicted molar refractivity (Wildman–Crippen MR) is 78.0 cm³/mol. The second-order valence-electron chi connectivity index (χ2n) is 6.31. The van der Waals surface area contributed by atoms with Crippen molar-refractivity contribution in [3.63, 3.8) is 0 Å². The third kappa shape index (κ3) is 2.24. The van der Waals surface area contributed by atoms with E-state index < -0.39 is 29.5 Å². The lowest BCUT2D eigenvalue weighted by atomic mass is 9.57. The molecule has 0 heterocycles. The minimum absolute atomic E-state index is 0. The monoisotopic (exact) mass is 308 g/mol. The predicted octanol–water partition coefficient (Wildman–Crippen LogP) is 0.150. The summed E-state index contributed by atoms with van der Waals surface area (Å²) in [6, 6.07) is 0. The molecule has 5 N–H and O–H groups in total. The molecule has 0 aromatic heterocycles. The van der Waals surface area contributed by atoms with Crippen molar-refractivity contribution in [2.45, 2.75) is 38.4 Å². The summed E-state index contributed by atoms with van der Waals surface area (Å²) in [5.41, 5.74) is 0.332. The Kier molecular flexibility index (Phi) is 4.12. The van der Waals surface area contributed by atoms with E-state index in [1.165, 1.54) is 6.08 Å². The Morgan fingerprint density at radius 3 is 2.68 bits per heavy atom. The topological polar surface area (TPSA) is 126 Å². The zero-order valence-corrected chi connectivity index (χ0v) is 12.2. The average molecular weight is 308 g/mol. The number of rotatable bonds is 1. The van der Waals surface area contributed by atoms with Gasteiger partial charge in [0.2, 0.25) is 0 Å². The van der Waals surface area contributed by atoms with Crippen LogP contribution in [-0.2, 0) is 9.59 Å². The van der Waals surface area contributed by atoms with Crippen LogP contribution in [0.15, 0.2) is 34.9 Å². The molecule has 6 nitrogen and oxygen atoms in total. The zero-order valence-electron chi connectivity index (χ0n) is 12.2. The Morgan fingerprint density at radius 2 is 2.05 bits per heavy atom. The van der Waals surface area contributed by atoms with Crippen molar-refractivity contribution < 1.29 is 30.4 Å². The van der Waals surface area contributed by atoms with Gasteiger partial charge in [-0.05, 0) is 23.8 Å². The lowest BCUT2D eigenvalue weighted by Gasteiger charge is -2.47. The maximum atomic E-state index is 12.1. The van der Waals surface area contributed by atoms with Crippen molar-refractivity contribution in [3.8, 4) is 0 Å². The van der Waals surface area contributed by atoms with Gasteiger partial charge in [0.15, 0.2) is 5.78 Å². The lowest BCUT2D eigenvalue weighted by molar-refractivity contribution is -0.135. The molecule has 0 saturated heterocycles. The van der Waals surface area contributed by atoms with Crippen molar-refractivity contribution in [1.29, 1.82) is 0 Å². The fourth-order valence-corrected chi connectivity index (χ4v) is 3.92. The summed E-state index contributed by atoms with van der Waals surface area (Å²) in [6.07, 6.45) is 4.09. The quantitative estimate of drug-likeness (QED) is 0.635. The molecule has 0 radical (unpaired) electrons. The number of aliphatic hydroxyl groups excluding tert-OH is 2. The summed E-state index contributed by atoms with van der Waals surface area (Å²) < 4.78 is 0. The van der Waals surface area contributed by atoms with Crippen molar-refractivity contribution in [3.05, 3.63) is 34.9 Å². The minimum Gasteiger partial charge on any atom is -0.478 e. The molecule has 3 aliphatic rings. The highest BCUT2D eigenvalue weighted by molar-refractivity contribution is 5.99. The van der Waals surface area contributed by atoms with E-state index in [1.54, 1.807) is 6.08 Å². The summed E-state index contributed by atoms with van der Waals surface area (Å²) in [7, 11) is 0. The first-order valence-electron chi connectivity index (χ1n) is 7.10. The van der Waals surface area contributed by atoms with Crippen LogP contribution in [0.4, 0.5) is 0 Å². The molecule has 0 aromatic carbocycles. The maximum Gasteiger partial charge on any atom is 0.331 e. The first-order chi connectivity index (χ1) is 9.85. The number of hydrogen-bond acceptors (Lipinski definition) is 4. The number of carbonyl (C=O) groups is 2. The highest BCUT2D eigenvalue weighted by Crippen LogP contribution is 2.52. The van der Waals surface area contributed by atoms with Gasteiger partial charge in [0.25, 0.3) is 0 Å². The standard InChI is InChI=1S/C16H18O5.H2O/c1-16-6-2-3-8(15(20)21)13(16)14(19)12-9(7-16)10(17)4-5-11(12)18;/h2-3,6,10,13-14,17,19H,4-5,7H2,1H3,(H,20,21);1H2/t10-,13+,14+,16+;/m0./s1. The van der Waals surface area contributed by atoms with Crippen LogP contribution in [0.1, 0.15) is 26.2 Å². The van der Waals surface area contributed by atoms with Crippen LogP contribution < -0.4 is 0 Å². The summed E-state index contributed by atoms with van der Waals surface area (Å²) in [4.78, 5) is 23.6. The number of Topliss-reactive ketones (excluding diaryl/α,β-unsaturated/α-hetero) is 1. The third-order valence-electron chi connectivity index (χ3n) is 4.92. The molecule has 120 valence electrons. The van der Waals surface area contributed by atoms with E-state index in [1.807, 2.05) is 13.0 Å². The largest absolute Gasteiger partial charge is 0.478 e. The van der Waals surface area contributed by atoms with Gasteiger partial charge in [0.05, 0.1) is 12.2 Å². The van der Waals surface area contributed by atoms with E-state index >= 15 is 0 Å². The van der Waals surface area contributed by atoms with Gasteiger partial charge < -0.3 is 20.8 Å². The zero-order chi connectivity index (χ0) is 15.4. The molecule has 0 fully saturated rings. The van der Waals surface area contributed by atoms with E-state index in [4.69, 9.17) is 0 Å². The maximum absolute atomic E-state index is 12.1. The summed E-state index contributed by atoms with van der Waals surface area (Å²) in [5.74, 6) is -1.92. The van der Waals surface area contributed by atoms with E-state index in [0.717, 1.165) is 0 Å². The molecular formula is C16H20O6. The van der Waals surface area contributed by atoms with Crippen molar-refractivity contribution >= 4 is 11.8 Å². The first-order valence-corrected chi connectivity index (χ1v) is 7.10. The van der Waals surface area contributed by atoms with Crippen molar-refractivity contribution in [2.75, 3.05) is 0 Å². The SMILES string of the molecule is C[C@]12C=CC=C(C(=O)O)[C@@H]1[C@H](O)C1=C(C2)[C@@H](O)CCC1=O.O. The van der Waals surface area contributed by atoms with Gasteiger partial charge in [-0.3, -0.25) is 4.79 Å². The minimum atomic E-state index is -1.17. The van der Waals surface area contributed by atoms with Crippen LogP contribution in [0.25, 0.3) is 0 Å². The molecular weight excluding hydrogens is 288 g/mol. The second kappa shape index (κ2) is 5.46. The second-order valence-corrected chi connectivity index (χ2v) is 6.31. The third-order valence-corrected chi connectivity index (χ3v) is 4.92. The number of carboxylic acid groups (broad SMARTS) is 1. The molecule has 0 aliphatic heterocycles. The van der Waals surface area contributed by atoms with E-state index in [9.17, 15) is 24.9 Å². The summed E-state index contributed by atoms with van der Waals surface area (Å²) in [6.45, 7) is 1.86. The number of ketones is 1. The van der Waals surface area contributed by atoms with E-state index in [-0.39, 0.29) is 28.8 Å². The lowest BCUT2D eigenvalue weighted by Crippen LogP contribution is -2.48. The summed E-state index contributed by atoms with van der Waals surface area (Å²) in [5, 5.41) is 30.1. The van der Waals surface area contributed by atoms with Gasteiger partial charge in [0, 0.05) is 23.5 Å². The molecule has 6 heteroatoms. The Hall–Kier alpha value is -1.76. The Labute approximate surface area is 127 Å². The number of carbonyl (C=O) groups excluding carboxylic acids is 1. The molecule has 0 unspecified atom stereocenters. The number of fused-ring (bicyclic) bond motifs is 1. The van der Waals surface area contributed by atoms with Crippen molar-refractivity contribution in [1.82, 2.24) is 0 Å². The van der Waals surface area contributed by atoms with Gasteiger partial charge >= 0.3 is 5.97 Å². The van der Waals surface area contributed by atoms with Crippen LogP contribution in [0.2, 0.25) is 0 Å². The molecule has 0 amide bonds. The normalized spacial score (nSPS) is 37.0. The highest BCUT2D eigenvalue weighted by atomic mass is 16.4. The summed E-state index contributed by atoms with van der Waals surface area (Å²) >= 11 is 0. The van der Waals surface area contributed by atoms with Gasteiger partial charge in [-0.1, -0.05) is 25.2 Å². The first kappa shape index (κ1) is 16.6. The molecule has 0 spiro atoms. The van der Waals surface area contributed by atoms with E-state index in [0.29, 0.717) is 18.4 Å². The van der Waals surface area contributed by atoms with Crippen LogP contribution in [0.5, 0.6) is 0 Å². The Morgan fingerprint density at radius 1 is 1.36 bits per heavy atom. The molecule has 0 aromatic rings. The van der Waals surface area contributed by atoms with Crippen LogP contribution >= 0.6 is 0 Å². The Bertz CT molecular complexity index is 614. The molecule has 0 saturated carbocycles. The van der Waals surface area contributed by atoms with Gasteiger partial charge in [-0.2, -0.15) is 0 Å². The fourth-order valence-electron chi connectivity index (χ4n) is 3.92. The van der Waals surface area contributed by atoms with Crippen LogP contribution in [0, 0.1) is 11.3 Å². The fraction of sp³-hybridized carbons (Fsp3) is 0.500. The van der Waals surface area contributed by atoms with Crippen LogP contribution in [-0.4, -0.2) is 44.8 Å². The highest BCUT2D eigenvalue weighted by Gasteiger charge is 2.51. The molecule has 3 aliphatic carbocycles. The number of aliphatic hydroxyl groups is 2. The van der Waals surface area contributed by atoms with Crippen LogP contribution in [0.3, 0.4) is 0 Å². The van der Waals surface area contributed by atoms with E-state index in [2.05, 4.69) is 0 Å². The smallest absolute Gasteiger partial charge is 0.331 e. The number of carboxylic acids is 1. The van der Waals surface area contributed by atoms with Gasteiger partial charge in [-0.25, -0.2) is 4.79 Å². The number of aliphatic carboxylic acids is 1. The van der Waals surface area contributed by atoms with Crippen molar-refractivity contribution in [2.24, 2.45) is 11.3 Å². The Balaban J connectivity index is 0.00000176. The molecule has 22 heavy (non-hydrogen) atoms. The average Bonchev–Trinajstić information content (AvgIpc) is 2.41. The number of hydrogen-bond donors (Lipinski definition) is 3. The molecule has 4 atom stereocenters. The van der Waals surface area contributed by atoms with Gasteiger partial charge in [-0.15, -0.1) is 0 Å². The number of allylic oxidation sites excluding steroid dienone is 3. The van der Waals surface area contributed by atoms with Gasteiger partial charge in [0.1, 0.15) is 0 Å². The molecule has 3 rings (SSSR count). The molecule has 0 bridgehead atoms.